The molecule has 0 unspecified atom stereocenters. The van der Waals surface area contributed by atoms with E-state index in [2.05, 4.69) is 14.8 Å². The molecule has 0 amide bonds. The summed E-state index contributed by atoms with van der Waals surface area (Å²) in [6.07, 6.45) is 0. The van der Waals surface area contributed by atoms with Gasteiger partial charge in [-0.15, -0.1) is 0 Å². The summed E-state index contributed by atoms with van der Waals surface area (Å²) in [7, 11) is -0.371. The van der Waals surface area contributed by atoms with E-state index in [1.54, 1.807) is 25.2 Å². The van der Waals surface area contributed by atoms with E-state index in [4.69, 9.17) is 0 Å². The Morgan fingerprint density at radius 2 is 2.05 bits per heavy atom. The molecule has 0 radical (unpaired) electrons. The summed E-state index contributed by atoms with van der Waals surface area (Å²) in [6.45, 7) is 0.886. The minimum atomic E-state index is -3.40. The lowest BCUT2D eigenvalue weighted by atomic mass is 10.1. The van der Waals surface area contributed by atoms with E-state index in [-0.39, 0.29) is 5.75 Å². The summed E-state index contributed by atoms with van der Waals surface area (Å²) >= 11 is 0. The molecular formula is C12H18N2O4S. The summed E-state index contributed by atoms with van der Waals surface area (Å²) in [5, 5.41) is 2.85. The van der Waals surface area contributed by atoms with E-state index >= 15 is 0 Å². The summed E-state index contributed by atoms with van der Waals surface area (Å²) in [5.74, 6) is -0.649. The zero-order valence-corrected chi connectivity index (χ0v) is 11.8. The standard InChI is InChI=1S/C12H18N2O4S/c1-13-6-7-14-19(16,17)9-10-4-3-5-11(8-10)12(15)18-2/h3-5,8,13-14H,6-7,9H2,1-2H3. The highest BCUT2D eigenvalue weighted by molar-refractivity contribution is 7.88. The molecule has 1 aromatic carbocycles. The second-order valence-electron chi connectivity index (χ2n) is 3.95. The van der Waals surface area contributed by atoms with Crippen molar-refractivity contribution in [3.05, 3.63) is 35.4 Å². The molecule has 2 N–H and O–H groups in total. The number of rotatable bonds is 7. The number of esters is 1. The highest BCUT2D eigenvalue weighted by Gasteiger charge is 2.12. The van der Waals surface area contributed by atoms with Crippen LogP contribution in [0.15, 0.2) is 24.3 Å². The fourth-order valence-electron chi connectivity index (χ4n) is 1.51. The van der Waals surface area contributed by atoms with Gasteiger partial charge in [-0.3, -0.25) is 0 Å². The molecule has 0 fully saturated rings. The molecule has 0 aliphatic carbocycles. The van der Waals surface area contributed by atoms with E-state index in [0.717, 1.165) is 0 Å². The van der Waals surface area contributed by atoms with Gasteiger partial charge in [0.1, 0.15) is 0 Å². The first-order valence-electron chi connectivity index (χ1n) is 5.77. The normalized spacial score (nSPS) is 11.3. The Morgan fingerprint density at radius 1 is 1.32 bits per heavy atom. The number of hydrogen-bond acceptors (Lipinski definition) is 5. The molecule has 0 bridgehead atoms. The smallest absolute Gasteiger partial charge is 0.337 e. The number of likely N-dealkylation sites (N-methyl/N-ethyl adjacent to an activating group) is 1. The fraction of sp³-hybridized carbons (Fsp3) is 0.417. The molecule has 0 aliphatic rings. The molecule has 7 heteroatoms. The van der Waals surface area contributed by atoms with E-state index in [1.165, 1.54) is 13.2 Å². The zero-order valence-electron chi connectivity index (χ0n) is 11.0. The van der Waals surface area contributed by atoms with Crippen LogP contribution in [0, 0.1) is 0 Å². The van der Waals surface area contributed by atoms with Crippen LogP contribution in [-0.4, -0.2) is 41.6 Å². The minimum absolute atomic E-state index is 0.165. The zero-order chi connectivity index (χ0) is 14.3. The van der Waals surface area contributed by atoms with Gasteiger partial charge in [-0.2, -0.15) is 0 Å². The Balaban J connectivity index is 2.73. The first-order valence-corrected chi connectivity index (χ1v) is 7.43. The van der Waals surface area contributed by atoms with Crippen LogP contribution in [0.1, 0.15) is 15.9 Å². The van der Waals surface area contributed by atoms with Gasteiger partial charge in [-0.25, -0.2) is 17.9 Å². The van der Waals surface area contributed by atoms with Crippen molar-refractivity contribution < 1.29 is 17.9 Å². The first-order chi connectivity index (χ1) is 8.98. The number of methoxy groups -OCH3 is 1. The Hall–Kier alpha value is -1.44. The minimum Gasteiger partial charge on any atom is -0.465 e. The predicted octanol–water partition coefficient (Wildman–Crippen LogP) is 0.112. The summed E-state index contributed by atoms with van der Waals surface area (Å²) in [5.41, 5.74) is 0.880. The number of nitrogens with one attached hydrogen (secondary N) is 2. The maximum atomic E-state index is 11.8. The van der Waals surface area contributed by atoms with E-state index in [1.807, 2.05) is 0 Å². The highest BCUT2D eigenvalue weighted by atomic mass is 32.2. The summed E-state index contributed by atoms with van der Waals surface area (Å²) in [6, 6.07) is 6.38. The number of ether oxygens (including phenoxy) is 1. The molecule has 0 aromatic heterocycles. The van der Waals surface area contributed by atoms with E-state index in [9.17, 15) is 13.2 Å². The monoisotopic (exact) mass is 286 g/mol. The van der Waals surface area contributed by atoms with E-state index in [0.29, 0.717) is 24.2 Å². The van der Waals surface area contributed by atoms with Gasteiger partial charge >= 0.3 is 5.97 Å². The second kappa shape index (κ2) is 7.22. The molecule has 0 atom stereocenters. The van der Waals surface area contributed by atoms with Crippen LogP contribution in [0.5, 0.6) is 0 Å². The Bertz CT molecular complexity index is 528. The van der Waals surface area contributed by atoms with Crippen LogP contribution in [0.25, 0.3) is 0 Å². The maximum Gasteiger partial charge on any atom is 0.337 e. The molecule has 0 saturated carbocycles. The topological polar surface area (TPSA) is 84.5 Å². The number of benzene rings is 1. The van der Waals surface area contributed by atoms with Crippen LogP contribution in [0.4, 0.5) is 0 Å². The second-order valence-corrected chi connectivity index (χ2v) is 5.76. The van der Waals surface area contributed by atoms with Crippen LogP contribution in [-0.2, 0) is 20.5 Å². The maximum absolute atomic E-state index is 11.8. The predicted molar refractivity (Wildman–Crippen MR) is 72.3 cm³/mol. The molecule has 106 valence electrons. The number of carbonyl (C=O) groups excluding carboxylic acids is 1. The molecule has 0 heterocycles. The Labute approximate surface area is 113 Å². The van der Waals surface area contributed by atoms with Crippen LogP contribution < -0.4 is 10.0 Å². The average Bonchev–Trinajstić information content (AvgIpc) is 2.37. The van der Waals surface area contributed by atoms with Crippen molar-refractivity contribution in [2.24, 2.45) is 0 Å². The molecule has 0 spiro atoms. The van der Waals surface area contributed by atoms with Gasteiger partial charge in [-0.1, -0.05) is 12.1 Å². The van der Waals surface area contributed by atoms with Crippen molar-refractivity contribution >= 4 is 16.0 Å². The molecular weight excluding hydrogens is 268 g/mol. The van der Waals surface area contributed by atoms with Gasteiger partial charge in [0, 0.05) is 13.1 Å². The highest BCUT2D eigenvalue weighted by Crippen LogP contribution is 2.09. The largest absolute Gasteiger partial charge is 0.465 e. The molecule has 0 saturated heterocycles. The van der Waals surface area contributed by atoms with Gasteiger partial charge in [0.25, 0.3) is 0 Å². The molecule has 19 heavy (non-hydrogen) atoms. The Morgan fingerprint density at radius 3 is 2.68 bits per heavy atom. The third-order valence-corrected chi connectivity index (χ3v) is 3.76. The Kier molecular flexibility index (Phi) is 5.94. The van der Waals surface area contributed by atoms with Crippen molar-refractivity contribution in [3.63, 3.8) is 0 Å². The van der Waals surface area contributed by atoms with E-state index < -0.39 is 16.0 Å². The summed E-state index contributed by atoms with van der Waals surface area (Å²) < 4.78 is 30.6. The van der Waals surface area contributed by atoms with Crippen molar-refractivity contribution in [2.45, 2.75) is 5.75 Å². The van der Waals surface area contributed by atoms with Gasteiger partial charge in [0.2, 0.25) is 10.0 Å². The molecule has 1 aromatic rings. The first kappa shape index (κ1) is 15.6. The van der Waals surface area contributed by atoms with Gasteiger partial charge < -0.3 is 10.1 Å². The van der Waals surface area contributed by atoms with Crippen LogP contribution in [0.2, 0.25) is 0 Å². The third kappa shape index (κ3) is 5.37. The lowest BCUT2D eigenvalue weighted by Crippen LogP contribution is -2.31. The van der Waals surface area contributed by atoms with Gasteiger partial charge in [0.05, 0.1) is 18.4 Å². The van der Waals surface area contributed by atoms with Crippen LogP contribution in [0.3, 0.4) is 0 Å². The van der Waals surface area contributed by atoms with Crippen molar-refractivity contribution in [1.29, 1.82) is 0 Å². The molecule has 1 rings (SSSR count). The lowest BCUT2D eigenvalue weighted by Gasteiger charge is -2.07. The van der Waals surface area contributed by atoms with Crippen molar-refractivity contribution in [1.82, 2.24) is 10.0 Å². The fourth-order valence-corrected chi connectivity index (χ4v) is 2.64. The van der Waals surface area contributed by atoms with Gasteiger partial charge in [-0.05, 0) is 24.7 Å². The van der Waals surface area contributed by atoms with Crippen LogP contribution >= 0.6 is 0 Å². The number of hydrogen-bond donors (Lipinski definition) is 2. The van der Waals surface area contributed by atoms with Crippen molar-refractivity contribution in [3.8, 4) is 0 Å². The summed E-state index contributed by atoms with van der Waals surface area (Å²) in [4.78, 5) is 11.3. The molecule has 6 nitrogen and oxygen atoms in total. The number of carbonyl (C=O) groups is 1. The van der Waals surface area contributed by atoms with Crippen molar-refractivity contribution in [2.75, 3.05) is 27.2 Å². The SMILES string of the molecule is CNCCNS(=O)(=O)Cc1cccc(C(=O)OC)c1. The third-order valence-electron chi connectivity index (χ3n) is 2.40. The number of sulfonamides is 1. The lowest BCUT2D eigenvalue weighted by molar-refractivity contribution is 0.0600. The average molecular weight is 286 g/mol. The molecule has 0 aliphatic heterocycles. The quantitative estimate of drug-likeness (QED) is 0.549. The van der Waals surface area contributed by atoms with Gasteiger partial charge in [0.15, 0.2) is 0 Å².